The summed E-state index contributed by atoms with van der Waals surface area (Å²) in [5.74, 6) is -1.36. The minimum Gasteiger partial charge on any atom is -0.505 e. The highest BCUT2D eigenvalue weighted by atomic mass is 35.5. The largest absolute Gasteiger partial charge is 0.505 e. The number of halogens is 2. The Hall–Kier alpha value is -5.36. The highest BCUT2D eigenvalue weighted by Gasteiger charge is 2.31. The maximum atomic E-state index is 12.8. The van der Waals surface area contributed by atoms with E-state index in [1.165, 1.54) is 72.8 Å². The van der Waals surface area contributed by atoms with Crippen LogP contribution in [-0.4, -0.2) is 36.2 Å². The highest BCUT2D eigenvalue weighted by Crippen LogP contribution is 2.51. The fourth-order valence-electron chi connectivity index (χ4n) is 5.92. The number of benzene rings is 6. The van der Waals surface area contributed by atoms with Crippen molar-refractivity contribution in [3.8, 4) is 44.9 Å². The van der Waals surface area contributed by atoms with E-state index >= 15 is 0 Å². The van der Waals surface area contributed by atoms with Crippen molar-refractivity contribution in [2.75, 3.05) is 11.5 Å². The highest BCUT2D eigenvalue weighted by molar-refractivity contribution is 7.86. The van der Waals surface area contributed by atoms with Crippen LogP contribution in [0.2, 0.25) is 12.9 Å². The number of nitrogens with one attached hydrogen (secondary N) is 2. The van der Waals surface area contributed by atoms with E-state index < -0.39 is 52.9 Å². The molecule has 0 aromatic heterocycles. The topological polar surface area (TPSA) is 274 Å². The average molecular weight is 754 g/mol. The second kappa shape index (κ2) is 12.2. The van der Waals surface area contributed by atoms with Crippen molar-refractivity contribution in [2.24, 2.45) is 10.2 Å². The number of rotatable bonds is 7. The predicted octanol–water partition coefficient (Wildman–Crippen LogP) is 8.69. The number of fused-ring (bicyclic) bond motifs is 2. The summed E-state index contributed by atoms with van der Waals surface area (Å²) in [7, 11) is -10.3. The molecule has 10 N–H and O–H groups in total. The number of nitrogens with zero attached hydrogens (tertiary/aromatic N) is 2. The van der Waals surface area contributed by atoms with E-state index in [-0.39, 0.29) is 65.2 Å². The molecule has 0 aliphatic carbocycles. The molecule has 0 aliphatic rings. The summed E-state index contributed by atoms with van der Waals surface area (Å²) in [6, 6.07) is 17.2. The zero-order valence-corrected chi connectivity index (χ0v) is 28.0. The van der Waals surface area contributed by atoms with Gasteiger partial charge in [0.15, 0.2) is 11.5 Å². The normalized spacial score (nSPS) is 13.0. The number of aromatic hydroxyl groups is 2. The Morgan fingerprint density at radius 2 is 0.980 bits per heavy atom. The number of nitrogen functional groups attached to an aromatic ring is 2. The molecular weight excluding hydrogens is 731 g/mol. The zero-order valence-electron chi connectivity index (χ0n) is 26.9. The summed E-state index contributed by atoms with van der Waals surface area (Å²) in [6.07, 6.45) is 0. The van der Waals surface area contributed by atoms with E-state index in [2.05, 4.69) is 21.3 Å². The van der Waals surface area contributed by atoms with Crippen LogP contribution in [-0.2, 0) is 20.2 Å². The van der Waals surface area contributed by atoms with Gasteiger partial charge in [-0.25, -0.2) is 11.0 Å². The molecule has 0 saturated heterocycles. The zero-order chi connectivity index (χ0) is 37.9. The fourth-order valence-corrected chi connectivity index (χ4v) is 8.19. The maximum Gasteiger partial charge on any atom is 0.297 e. The Bertz CT molecular complexity index is 2610. The van der Waals surface area contributed by atoms with Gasteiger partial charge >= 0.3 is 0 Å². The van der Waals surface area contributed by atoms with Gasteiger partial charge in [0.2, 0.25) is 2.82 Å². The molecule has 6 rings (SSSR count). The van der Waals surface area contributed by atoms with Gasteiger partial charge < -0.3 is 21.7 Å². The number of hydrogen-bond acceptors (Lipinski definition) is 12. The van der Waals surface area contributed by atoms with E-state index in [0.29, 0.717) is 11.1 Å². The van der Waals surface area contributed by atoms with E-state index in [4.69, 9.17) is 37.5 Å². The molecule has 0 amide bonds. The number of phenolic OH excluding ortho intramolecular Hbond substituents is 2. The molecular formula is C32H22Cl2N6O8S2. The molecule has 0 bridgehead atoms. The van der Waals surface area contributed by atoms with Crippen LogP contribution in [0, 0.1) is 11.0 Å². The summed E-state index contributed by atoms with van der Waals surface area (Å²) in [5, 5.41) is 28.9. The van der Waals surface area contributed by atoms with E-state index in [1.807, 2.05) is 0 Å². The molecule has 254 valence electrons. The van der Waals surface area contributed by atoms with Crippen LogP contribution < -0.4 is 11.5 Å². The first-order chi connectivity index (χ1) is 24.5. The van der Waals surface area contributed by atoms with Crippen molar-refractivity contribution >= 4 is 87.7 Å². The molecule has 0 unspecified atom stereocenters. The Morgan fingerprint density at radius 1 is 0.600 bits per heavy atom. The number of hydrogen-bond donors (Lipinski definition) is 8. The van der Waals surface area contributed by atoms with Crippen molar-refractivity contribution < 1.29 is 39.0 Å². The second-order valence-electron chi connectivity index (χ2n) is 11.0. The molecule has 0 saturated carbocycles. The van der Waals surface area contributed by atoms with Gasteiger partial charge in [-0.15, -0.1) is 0 Å². The first-order valence-corrected chi connectivity index (χ1v) is 17.5. The molecule has 50 heavy (non-hydrogen) atoms. The Kier molecular flexibility index (Phi) is 7.78. The van der Waals surface area contributed by atoms with Gasteiger partial charge in [0.1, 0.15) is 21.2 Å². The standard InChI is InChI=1S/C32H22Cl2N6O8S2/c33-23-9-13(1-5-19(23)25-21-11-15(35)3-7-17(21)29(41)27(39-37)31(25)49(43,44)45)14-2-6-20(24(34)10-14)26-22-12-16(36)4-8-18(22)30(42)28(40-38)32(26)50(46,47)48/h1-12,37-38,41-42H,35-36H2,(H,43,44,45)(H,46,47,48)/b39-37+,40-38+. The van der Waals surface area contributed by atoms with Gasteiger partial charge in [0.25, 0.3) is 20.2 Å². The van der Waals surface area contributed by atoms with E-state index in [9.17, 15) is 36.2 Å². The maximum absolute atomic E-state index is 12.8. The quantitative estimate of drug-likeness (QED) is 0.0436. The van der Waals surface area contributed by atoms with Crippen LogP contribution in [0.15, 0.2) is 92.8 Å². The van der Waals surface area contributed by atoms with Gasteiger partial charge in [0.05, 0.1) is 0 Å². The summed E-state index contributed by atoms with van der Waals surface area (Å²) < 4.78 is 85.9. The fraction of sp³-hybridized carbons (Fsp3) is 0. The van der Waals surface area contributed by atoms with Gasteiger partial charge in [-0.2, -0.15) is 27.1 Å². The lowest BCUT2D eigenvalue weighted by molar-refractivity contribution is 0.472. The van der Waals surface area contributed by atoms with Gasteiger partial charge in [-0.1, -0.05) is 47.5 Å². The molecule has 18 heteroatoms. The number of anilines is 2. The lowest BCUT2D eigenvalue weighted by atomic mass is 9.92. The lowest BCUT2D eigenvalue weighted by Crippen LogP contribution is -2.04. The third-order valence-electron chi connectivity index (χ3n) is 8.00. The van der Waals surface area contributed by atoms with Crippen LogP contribution in [0.25, 0.3) is 54.9 Å². The van der Waals surface area contributed by atoms with Crippen LogP contribution in [0.4, 0.5) is 22.7 Å². The van der Waals surface area contributed by atoms with Gasteiger partial charge in [-0.05, 0) is 70.4 Å². The number of nitrogens with two attached hydrogens (primary N) is 2. The molecule has 0 heterocycles. The molecule has 0 radical (unpaired) electrons. The second-order valence-corrected chi connectivity index (χ2v) is 14.5. The van der Waals surface area contributed by atoms with Crippen molar-refractivity contribution in [1.82, 2.24) is 0 Å². The van der Waals surface area contributed by atoms with Gasteiger partial charge in [0, 0.05) is 54.4 Å². The Morgan fingerprint density at radius 3 is 1.30 bits per heavy atom. The van der Waals surface area contributed by atoms with E-state index in [1.54, 1.807) is 0 Å². The van der Waals surface area contributed by atoms with Crippen molar-refractivity contribution in [3.63, 3.8) is 0 Å². The average Bonchev–Trinajstić information content (AvgIpc) is 3.06. The third kappa shape index (κ3) is 5.63. The smallest absolute Gasteiger partial charge is 0.297 e. The van der Waals surface area contributed by atoms with Crippen LogP contribution in [0.5, 0.6) is 11.5 Å². The molecule has 0 fully saturated rings. The molecule has 14 nitrogen and oxygen atoms in total. The van der Waals surface area contributed by atoms with Crippen LogP contribution in [0.1, 0.15) is 0 Å². The lowest BCUT2D eigenvalue weighted by Gasteiger charge is -2.18. The Labute approximate surface area is 295 Å². The first-order valence-electron chi connectivity index (χ1n) is 14.8. The molecule has 0 spiro atoms. The minimum atomic E-state index is -5.14. The van der Waals surface area contributed by atoms with Crippen molar-refractivity contribution in [2.45, 2.75) is 9.79 Å². The summed E-state index contributed by atoms with van der Waals surface area (Å²) in [4.78, 5) is -1.75. The monoisotopic (exact) mass is 752 g/mol. The van der Waals surface area contributed by atoms with E-state index in [0.717, 1.165) is 0 Å². The predicted molar refractivity (Wildman–Crippen MR) is 189 cm³/mol. The van der Waals surface area contributed by atoms with Crippen molar-refractivity contribution in [1.29, 1.82) is 11.0 Å². The minimum absolute atomic E-state index is 0.0511. The molecule has 0 atom stereocenters. The Balaban J connectivity index is 1.58. The molecule has 0 aliphatic heterocycles. The van der Waals surface area contributed by atoms with Crippen molar-refractivity contribution in [3.05, 3.63) is 82.8 Å². The number of phenols is 2. The summed E-state index contributed by atoms with van der Waals surface area (Å²) in [5.41, 5.74) is 17.2. The first kappa shape index (κ1) is 31.9. The van der Waals surface area contributed by atoms with Crippen LogP contribution in [0.3, 0.4) is 0 Å². The summed E-state index contributed by atoms with van der Waals surface area (Å²) >= 11 is 13.5. The molecule has 6 aromatic carbocycles. The van der Waals surface area contributed by atoms with Crippen LogP contribution >= 0.6 is 23.2 Å². The summed E-state index contributed by atoms with van der Waals surface area (Å²) in [6.45, 7) is 0. The SMILES string of the molecule is [H]/N=N/c1c(S(=O)(=O)O)c(-c2ccc(-c3ccc(-c4c(S(=O)(=O)O)c(/N=N/[H])c(O)c5ccc(N)cc45)c(Cl)c3)cc2Cl)c2cc(N)ccc2c1O. The van der Waals surface area contributed by atoms with Gasteiger partial charge in [-0.3, -0.25) is 9.11 Å². The molecule has 6 aromatic rings. The third-order valence-corrected chi connectivity index (χ3v) is 10.4.